The average molecular weight is 292 g/mol. The Hall–Kier alpha value is -1.60. The number of rotatable bonds is 8. The summed E-state index contributed by atoms with van der Waals surface area (Å²) in [6, 6.07) is 6.80. The highest BCUT2D eigenvalue weighted by atomic mass is 19.1. The first-order valence-corrected chi connectivity index (χ1v) is 7.37. The molecular formula is C17H25FN2O. The van der Waals surface area contributed by atoms with Gasteiger partial charge in [0.2, 0.25) is 0 Å². The summed E-state index contributed by atoms with van der Waals surface area (Å²) >= 11 is 0. The van der Waals surface area contributed by atoms with Gasteiger partial charge in [0, 0.05) is 12.1 Å². The summed E-state index contributed by atoms with van der Waals surface area (Å²) in [7, 11) is 0. The van der Waals surface area contributed by atoms with Gasteiger partial charge in [0.15, 0.2) is 0 Å². The highest BCUT2D eigenvalue weighted by molar-refractivity contribution is 5.34. The van der Waals surface area contributed by atoms with Crippen LogP contribution in [0.4, 0.5) is 4.39 Å². The van der Waals surface area contributed by atoms with E-state index in [0.29, 0.717) is 31.2 Å². The zero-order valence-corrected chi connectivity index (χ0v) is 13.4. The van der Waals surface area contributed by atoms with Crippen molar-refractivity contribution in [2.24, 2.45) is 11.3 Å². The summed E-state index contributed by atoms with van der Waals surface area (Å²) < 4.78 is 19.1. The Balaban J connectivity index is 2.62. The fraction of sp³-hybridized carbons (Fsp3) is 0.588. The van der Waals surface area contributed by atoms with Gasteiger partial charge in [-0.05, 0) is 50.9 Å². The van der Waals surface area contributed by atoms with Crippen molar-refractivity contribution < 1.29 is 9.13 Å². The summed E-state index contributed by atoms with van der Waals surface area (Å²) in [5, 5.41) is 12.3. The molecule has 0 atom stereocenters. The lowest BCUT2D eigenvalue weighted by molar-refractivity contribution is 0.261. The largest absolute Gasteiger partial charge is 0.493 e. The zero-order chi connectivity index (χ0) is 15.9. The first-order chi connectivity index (χ1) is 9.84. The molecule has 0 radical (unpaired) electrons. The van der Waals surface area contributed by atoms with Gasteiger partial charge in [-0.15, -0.1) is 0 Å². The van der Waals surface area contributed by atoms with Gasteiger partial charge in [0.1, 0.15) is 11.6 Å². The second kappa shape index (κ2) is 7.99. The lowest BCUT2D eigenvalue weighted by Crippen LogP contribution is -2.20. The molecule has 0 saturated heterocycles. The van der Waals surface area contributed by atoms with Crippen molar-refractivity contribution in [3.63, 3.8) is 0 Å². The van der Waals surface area contributed by atoms with Crippen LogP contribution in [0.25, 0.3) is 0 Å². The number of hydrogen-bond donors (Lipinski definition) is 1. The molecule has 21 heavy (non-hydrogen) atoms. The van der Waals surface area contributed by atoms with Crippen molar-refractivity contribution in [3.05, 3.63) is 29.6 Å². The summed E-state index contributed by atoms with van der Waals surface area (Å²) in [5.74, 6) is 0.960. The molecule has 116 valence electrons. The SMILES string of the molecule is CC(C)CNCc1cc(F)ccc1OCCC(C)(C)C#N. The number of benzene rings is 1. The molecule has 0 saturated carbocycles. The van der Waals surface area contributed by atoms with Crippen molar-refractivity contribution in [1.82, 2.24) is 5.32 Å². The predicted molar refractivity (Wildman–Crippen MR) is 82.5 cm³/mol. The van der Waals surface area contributed by atoms with Crippen molar-refractivity contribution in [3.8, 4) is 11.8 Å². The molecule has 1 N–H and O–H groups in total. The number of nitrogens with one attached hydrogen (secondary N) is 1. The lowest BCUT2D eigenvalue weighted by atomic mass is 9.92. The minimum atomic E-state index is -0.407. The molecule has 0 fully saturated rings. The summed E-state index contributed by atoms with van der Waals surface area (Å²) in [6.07, 6.45) is 0.639. The molecule has 1 aromatic carbocycles. The highest BCUT2D eigenvalue weighted by Crippen LogP contribution is 2.23. The Morgan fingerprint density at radius 1 is 1.38 bits per heavy atom. The maximum atomic E-state index is 13.4. The lowest BCUT2D eigenvalue weighted by Gasteiger charge is -2.17. The predicted octanol–water partition coefficient (Wildman–Crippen LogP) is 3.89. The molecule has 3 nitrogen and oxygen atoms in total. The number of ether oxygens (including phenoxy) is 1. The summed E-state index contributed by atoms with van der Waals surface area (Å²) in [4.78, 5) is 0. The van der Waals surface area contributed by atoms with Gasteiger partial charge in [0.05, 0.1) is 18.1 Å². The molecular weight excluding hydrogens is 267 g/mol. The van der Waals surface area contributed by atoms with E-state index in [0.717, 1.165) is 12.1 Å². The van der Waals surface area contributed by atoms with Gasteiger partial charge in [-0.2, -0.15) is 5.26 Å². The molecule has 0 aliphatic carbocycles. The molecule has 0 aliphatic heterocycles. The Morgan fingerprint density at radius 3 is 2.71 bits per heavy atom. The van der Waals surface area contributed by atoms with E-state index in [4.69, 9.17) is 10.00 Å². The van der Waals surface area contributed by atoms with Gasteiger partial charge < -0.3 is 10.1 Å². The normalized spacial score (nSPS) is 11.5. The topological polar surface area (TPSA) is 45.0 Å². The maximum Gasteiger partial charge on any atom is 0.123 e. The van der Waals surface area contributed by atoms with Gasteiger partial charge in [-0.1, -0.05) is 13.8 Å². The average Bonchev–Trinajstić information content (AvgIpc) is 2.40. The second-order valence-corrected chi connectivity index (χ2v) is 6.37. The fourth-order valence-corrected chi connectivity index (χ4v) is 1.79. The Labute approximate surface area is 127 Å². The van der Waals surface area contributed by atoms with Crippen LogP contribution in [0.15, 0.2) is 18.2 Å². The maximum absolute atomic E-state index is 13.4. The van der Waals surface area contributed by atoms with Gasteiger partial charge in [-0.3, -0.25) is 0 Å². The molecule has 0 heterocycles. The van der Waals surface area contributed by atoms with E-state index in [-0.39, 0.29) is 5.82 Å². The standard InChI is InChI=1S/C17H25FN2O/c1-13(2)10-20-11-14-9-15(18)5-6-16(14)21-8-7-17(3,4)12-19/h5-6,9,13,20H,7-8,10-11H2,1-4H3. The van der Waals surface area contributed by atoms with E-state index >= 15 is 0 Å². The third-order valence-electron chi connectivity index (χ3n) is 3.18. The Kier molecular flexibility index (Phi) is 6.64. The van der Waals surface area contributed by atoms with Crippen LogP contribution in [0.5, 0.6) is 5.75 Å². The molecule has 0 amide bonds. The van der Waals surface area contributed by atoms with Gasteiger partial charge in [-0.25, -0.2) is 4.39 Å². The van der Waals surface area contributed by atoms with Gasteiger partial charge in [0.25, 0.3) is 0 Å². The molecule has 0 unspecified atom stereocenters. The molecule has 0 spiro atoms. The minimum absolute atomic E-state index is 0.263. The summed E-state index contributed by atoms with van der Waals surface area (Å²) in [6.45, 7) is 9.91. The van der Waals surface area contributed by atoms with Gasteiger partial charge >= 0.3 is 0 Å². The van der Waals surface area contributed by atoms with E-state index in [1.54, 1.807) is 6.07 Å². The molecule has 1 aromatic rings. The van der Waals surface area contributed by atoms with Crippen LogP contribution in [0.2, 0.25) is 0 Å². The van der Waals surface area contributed by atoms with Crippen LogP contribution < -0.4 is 10.1 Å². The third-order valence-corrected chi connectivity index (χ3v) is 3.18. The first-order valence-electron chi connectivity index (χ1n) is 7.37. The van der Waals surface area contributed by atoms with Crippen LogP contribution >= 0.6 is 0 Å². The number of nitriles is 1. The van der Waals surface area contributed by atoms with Crippen molar-refractivity contribution in [2.45, 2.75) is 40.7 Å². The first kappa shape index (κ1) is 17.5. The number of nitrogens with zero attached hydrogens (tertiary/aromatic N) is 1. The quantitative estimate of drug-likeness (QED) is 0.790. The van der Waals surface area contributed by atoms with Crippen LogP contribution in [0.3, 0.4) is 0 Å². The molecule has 0 aromatic heterocycles. The third kappa shape index (κ3) is 6.59. The van der Waals surface area contributed by atoms with Crippen LogP contribution in [0, 0.1) is 28.5 Å². The van der Waals surface area contributed by atoms with E-state index in [9.17, 15) is 4.39 Å². The zero-order valence-electron chi connectivity index (χ0n) is 13.4. The number of halogens is 1. The van der Waals surface area contributed by atoms with Crippen LogP contribution in [-0.2, 0) is 6.54 Å². The van der Waals surface area contributed by atoms with E-state index in [1.807, 2.05) is 13.8 Å². The minimum Gasteiger partial charge on any atom is -0.493 e. The van der Waals surface area contributed by atoms with E-state index < -0.39 is 5.41 Å². The summed E-state index contributed by atoms with van der Waals surface area (Å²) in [5.41, 5.74) is 0.404. The van der Waals surface area contributed by atoms with Crippen LogP contribution in [-0.4, -0.2) is 13.2 Å². The van der Waals surface area contributed by atoms with Crippen LogP contribution in [0.1, 0.15) is 39.7 Å². The van der Waals surface area contributed by atoms with Crippen molar-refractivity contribution in [1.29, 1.82) is 5.26 Å². The smallest absolute Gasteiger partial charge is 0.123 e. The monoisotopic (exact) mass is 292 g/mol. The molecule has 0 aliphatic rings. The Morgan fingerprint density at radius 2 is 2.10 bits per heavy atom. The van der Waals surface area contributed by atoms with Crippen molar-refractivity contribution in [2.75, 3.05) is 13.2 Å². The second-order valence-electron chi connectivity index (χ2n) is 6.37. The van der Waals surface area contributed by atoms with Crippen molar-refractivity contribution >= 4 is 0 Å². The Bertz CT molecular complexity index is 492. The number of hydrogen-bond acceptors (Lipinski definition) is 3. The fourth-order valence-electron chi connectivity index (χ4n) is 1.79. The van der Waals surface area contributed by atoms with E-state index in [2.05, 4.69) is 25.2 Å². The van der Waals surface area contributed by atoms with E-state index in [1.165, 1.54) is 12.1 Å². The molecule has 1 rings (SSSR count). The molecule has 4 heteroatoms. The molecule has 0 bridgehead atoms. The highest BCUT2D eigenvalue weighted by Gasteiger charge is 2.16.